The number of likely N-dealkylation sites (tertiary alicyclic amines) is 1. The quantitative estimate of drug-likeness (QED) is 0.858. The molecule has 114 valence electrons. The monoisotopic (exact) mass is 299 g/mol. The first-order valence-electron chi connectivity index (χ1n) is 7.72. The van der Waals surface area contributed by atoms with Gasteiger partial charge in [-0.25, -0.2) is 0 Å². The normalized spacial score (nSPS) is 33.9. The molecule has 4 nitrogen and oxygen atoms in total. The molecule has 0 unspecified atom stereocenters. The van der Waals surface area contributed by atoms with Crippen molar-refractivity contribution in [2.45, 2.75) is 56.0 Å². The summed E-state index contributed by atoms with van der Waals surface area (Å²) >= 11 is 1.70. The van der Waals surface area contributed by atoms with Crippen LogP contribution in [0.1, 0.15) is 39.0 Å². The molecule has 1 spiro atoms. The van der Waals surface area contributed by atoms with E-state index in [0.717, 1.165) is 45.2 Å². The zero-order valence-corrected chi connectivity index (χ0v) is 13.2. The summed E-state index contributed by atoms with van der Waals surface area (Å²) in [5.41, 5.74) is -0.0805. The number of amides is 1. The van der Waals surface area contributed by atoms with Crippen molar-refractivity contribution in [3.63, 3.8) is 0 Å². The highest BCUT2D eigenvalue weighted by Gasteiger charge is 2.58. The van der Waals surface area contributed by atoms with E-state index in [1.54, 1.807) is 11.8 Å². The zero-order chi connectivity index (χ0) is 14.4. The molecule has 0 aromatic heterocycles. The van der Waals surface area contributed by atoms with Gasteiger partial charge in [0, 0.05) is 31.5 Å². The molecule has 0 bridgehead atoms. The first-order chi connectivity index (χ1) is 9.58. The second kappa shape index (κ2) is 5.18. The molecular weight excluding hydrogens is 274 g/mol. The molecule has 1 saturated heterocycles. The third-order valence-electron chi connectivity index (χ3n) is 5.58. The zero-order valence-electron chi connectivity index (χ0n) is 12.4. The van der Waals surface area contributed by atoms with E-state index in [2.05, 4.69) is 0 Å². The molecule has 3 fully saturated rings. The molecular formula is C15H25NO3S. The fraction of sp³-hybridized carbons (Fsp3) is 0.933. The predicted molar refractivity (Wildman–Crippen MR) is 79.8 cm³/mol. The van der Waals surface area contributed by atoms with Crippen molar-refractivity contribution in [3.05, 3.63) is 0 Å². The molecule has 1 heterocycles. The average molecular weight is 299 g/mol. The summed E-state index contributed by atoms with van der Waals surface area (Å²) in [4.78, 5) is 14.5. The number of piperidine rings is 1. The summed E-state index contributed by atoms with van der Waals surface area (Å²) in [6, 6.07) is 0. The van der Waals surface area contributed by atoms with Gasteiger partial charge in [0.1, 0.15) is 0 Å². The second-order valence-corrected chi connectivity index (χ2v) is 7.61. The number of aliphatic hydroxyl groups is 1. The van der Waals surface area contributed by atoms with E-state index in [9.17, 15) is 9.90 Å². The Morgan fingerprint density at radius 1 is 1.35 bits per heavy atom. The van der Waals surface area contributed by atoms with Crippen LogP contribution in [-0.4, -0.2) is 58.8 Å². The van der Waals surface area contributed by atoms with Gasteiger partial charge in [0.15, 0.2) is 0 Å². The van der Waals surface area contributed by atoms with E-state index in [-0.39, 0.29) is 22.4 Å². The summed E-state index contributed by atoms with van der Waals surface area (Å²) in [6.45, 7) is 4.27. The number of aliphatic hydroxyl groups excluding tert-OH is 1. The number of hydrogen-bond acceptors (Lipinski definition) is 4. The van der Waals surface area contributed by atoms with Crippen molar-refractivity contribution < 1.29 is 14.6 Å². The maximum Gasteiger partial charge on any atom is 0.238 e. The molecule has 3 aliphatic rings. The summed E-state index contributed by atoms with van der Waals surface area (Å²) in [5, 5.41) is 10.2. The van der Waals surface area contributed by atoms with Crippen LogP contribution >= 0.6 is 11.8 Å². The highest BCUT2D eigenvalue weighted by Crippen LogP contribution is 2.53. The van der Waals surface area contributed by atoms with Crippen LogP contribution in [0, 0.1) is 5.41 Å². The number of thioether (sulfide) groups is 1. The van der Waals surface area contributed by atoms with Crippen LogP contribution in [0.25, 0.3) is 0 Å². The molecule has 3 rings (SSSR count). The van der Waals surface area contributed by atoms with E-state index in [4.69, 9.17) is 4.74 Å². The van der Waals surface area contributed by atoms with Gasteiger partial charge in [0.2, 0.25) is 5.91 Å². The van der Waals surface area contributed by atoms with Gasteiger partial charge in [0.25, 0.3) is 0 Å². The largest absolute Gasteiger partial charge is 0.392 e. The Bertz CT molecular complexity index is 387. The summed E-state index contributed by atoms with van der Waals surface area (Å²) < 4.78 is 5.66. The number of carbonyl (C=O) groups excluding carboxylic acids is 1. The summed E-state index contributed by atoms with van der Waals surface area (Å²) in [5.74, 6) is 0.321. The maximum atomic E-state index is 12.5. The Hall–Kier alpha value is -0.260. The lowest BCUT2D eigenvalue weighted by atomic mass is 9.58. The number of hydrogen-bond donors (Lipinski definition) is 1. The molecule has 1 amide bonds. The van der Waals surface area contributed by atoms with Crippen LogP contribution in [0.5, 0.6) is 0 Å². The van der Waals surface area contributed by atoms with Gasteiger partial charge in [-0.15, -0.1) is 11.8 Å². The Kier molecular flexibility index (Phi) is 3.80. The van der Waals surface area contributed by atoms with Crippen molar-refractivity contribution >= 4 is 17.7 Å². The van der Waals surface area contributed by atoms with Gasteiger partial charge in [-0.1, -0.05) is 0 Å². The van der Waals surface area contributed by atoms with Gasteiger partial charge in [0.05, 0.1) is 17.0 Å². The molecule has 0 aromatic rings. The van der Waals surface area contributed by atoms with Crippen LogP contribution in [-0.2, 0) is 9.53 Å². The Morgan fingerprint density at radius 2 is 2.00 bits per heavy atom. The molecule has 2 aliphatic carbocycles. The topological polar surface area (TPSA) is 49.8 Å². The molecule has 0 aromatic carbocycles. The van der Waals surface area contributed by atoms with Crippen molar-refractivity contribution in [2.75, 3.05) is 26.0 Å². The first-order valence-corrected chi connectivity index (χ1v) is 8.95. The minimum atomic E-state index is -0.244. The Labute approximate surface area is 125 Å². The Balaban J connectivity index is 1.60. The van der Waals surface area contributed by atoms with Crippen LogP contribution in [0.15, 0.2) is 0 Å². The van der Waals surface area contributed by atoms with Crippen LogP contribution < -0.4 is 0 Å². The molecule has 2 atom stereocenters. The van der Waals surface area contributed by atoms with E-state index in [1.807, 2.05) is 18.1 Å². The van der Waals surface area contributed by atoms with E-state index in [0.29, 0.717) is 12.5 Å². The smallest absolute Gasteiger partial charge is 0.238 e. The second-order valence-electron chi connectivity index (χ2n) is 6.42. The van der Waals surface area contributed by atoms with Gasteiger partial charge >= 0.3 is 0 Å². The molecule has 0 radical (unpaired) electrons. The standard InChI is InChI=1S/C15H25NO3S/c1-3-19-12-10-11(17)14(12)6-8-16(9-7-14)13(18)15(20-2)4-5-15/h11-12,17H,3-10H2,1-2H3/t11-,12+/m1/s1. The van der Waals surface area contributed by atoms with Crippen molar-refractivity contribution in [1.29, 1.82) is 0 Å². The number of ether oxygens (including phenoxy) is 1. The highest BCUT2D eigenvalue weighted by atomic mass is 32.2. The van der Waals surface area contributed by atoms with Crippen LogP contribution in [0.4, 0.5) is 0 Å². The minimum absolute atomic E-state index is 0.0805. The van der Waals surface area contributed by atoms with Gasteiger partial charge in [-0.3, -0.25) is 4.79 Å². The number of rotatable bonds is 4. The third-order valence-corrected chi connectivity index (χ3v) is 6.94. The average Bonchev–Trinajstić information content (AvgIpc) is 3.28. The lowest BCUT2D eigenvalue weighted by Crippen LogP contribution is -2.63. The lowest BCUT2D eigenvalue weighted by molar-refractivity contribution is -0.210. The predicted octanol–water partition coefficient (Wildman–Crippen LogP) is 1.66. The van der Waals surface area contributed by atoms with Crippen LogP contribution in [0.2, 0.25) is 0 Å². The van der Waals surface area contributed by atoms with Gasteiger partial charge in [-0.2, -0.15) is 0 Å². The lowest BCUT2D eigenvalue weighted by Gasteiger charge is -2.56. The van der Waals surface area contributed by atoms with Gasteiger partial charge in [-0.05, 0) is 38.9 Å². The fourth-order valence-electron chi connectivity index (χ4n) is 3.85. The highest BCUT2D eigenvalue weighted by molar-refractivity contribution is 8.01. The molecule has 1 N–H and O–H groups in total. The van der Waals surface area contributed by atoms with Crippen molar-refractivity contribution in [3.8, 4) is 0 Å². The number of nitrogens with zero attached hydrogens (tertiary/aromatic N) is 1. The van der Waals surface area contributed by atoms with E-state index in [1.165, 1.54) is 0 Å². The van der Waals surface area contributed by atoms with Gasteiger partial charge < -0.3 is 14.7 Å². The molecule has 2 saturated carbocycles. The first kappa shape index (κ1) is 14.7. The van der Waals surface area contributed by atoms with E-state index >= 15 is 0 Å². The van der Waals surface area contributed by atoms with Crippen LogP contribution in [0.3, 0.4) is 0 Å². The fourth-order valence-corrected chi connectivity index (χ4v) is 4.66. The Morgan fingerprint density at radius 3 is 2.45 bits per heavy atom. The molecule has 20 heavy (non-hydrogen) atoms. The van der Waals surface area contributed by atoms with E-state index < -0.39 is 0 Å². The SMILES string of the molecule is CCO[C@H]1C[C@@H](O)C12CCN(C(=O)C1(SC)CC1)CC2. The van der Waals surface area contributed by atoms with Crippen molar-refractivity contribution in [1.82, 2.24) is 4.90 Å². The summed E-state index contributed by atoms with van der Waals surface area (Å²) in [6.07, 6.45) is 6.57. The molecule has 5 heteroatoms. The number of carbonyl (C=O) groups is 1. The van der Waals surface area contributed by atoms with Crippen molar-refractivity contribution in [2.24, 2.45) is 5.41 Å². The maximum absolute atomic E-state index is 12.5. The summed E-state index contributed by atoms with van der Waals surface area (Å²) in [7, 11) is 0. The molecule has 1 aliphatic heterocycles. The minimum Gasteiger partial charge on any atom is -0.392 e. The third kappa shape index (κ3) is 2.09.